The molecule has 1 aliphatic rings. The first-order valence-electron chi connectivity index (χ1n) is 6.18. The Bertz CT molecular complexity index is 678. The zero-order valence-corrected chi connectivity index (χ0v) is 12.4. The Labute approximate surface area is 125 Å². The highest BCUT2D eigenvalue weighted by Crippen LogP contribution is 2.56. The Morgan fingerprint density at radius 3 is 2.60 bits per heavy atom. The summed E-state index contributed by atoms with van der Waals surface area (Å²) in [6.45, 7) is 0. The molecular formula is C16H12BrNO2. The number of hydrogen-bond acceptors (Lipinski definition) is 3. The van der Waals surface area contributed by atoms with Crippen molar-refractivity contribution in [1.82, 2.24) is 0 Å². The highest BCUT2D eigenvalue weighted by molar-refractivity contribution is 9.10. The van der Waals surface area contributed by atoms with E-state index >= 15 is 0 Å². The van der Waals surface area contributed by atoms with E-state index in [4.69, 9.17) is 9.47 Å². The van der Waals surface area contributed by atoms with Crippen LogP contribution in [0.25, 0.3) is 0 Å². The summed E-state index contributed by atoms with van der Waals surface area (Å²) in [5, 5.41) is 9.52. The van der Waals surface area contributed by atoms with E-state index in [9.17, 15) is 5.26 Å². The molecule has 0 radical (unpaired) electrons. The lowest BCUT2D eigenvalue weighted by Gasteiger charge is -2.05. The molecule has 0 saturated carbocycles. The molecule has 20 heavy (non-hydrogen) atoms. The first kappa shape index (κ1) is 13.2. The molecule has 0 bridgehead atoms. The van der Waals surface area contributed by atoms with Crippen molar-refractivity contribution in [2.45, 2.75) is 11.7 Å². The third-order valence-corrected chi connectivity index (χ3v) is 3.95. The van der Waals surface area contributed by atoms with Crippen LogP contribution in [0.4, 0.5) is 0 Å². The Morgan fingerprint density at radius 1 is 1.25 bits per heavy atom. The predicted molar refractivity (Wildman–Crippen MR) is 78.3 cm³/mol. The standard InChI is InChI=1S/C16H12BrNO2/c1-19-14-7-5-11(6-8-14)15-16(10-18,20-15)12-3-2-4-13(17)9-12/h2-9,15H,1H3. The largest absolute Gasteiger partial charge is 0.497 e. The lowest BCUT2D eigenvalue weighted by molar-refractivity contribution is 0.340. The summed E-state index contributed by atoms with van der Waals surface area (Å²) in [6.07, 6.45) is -0.229. The third kappa shape index (κ3) is 2.09. The molecule has 100 valence electrons. The van der Waals surface area contributed by atoms with Crippen LogP contribution >= 0.6 is 15.9 Å². The summed E-state index contributed by atoms with van der Waals surface area (Å²) in [7, 11) is 1.63. The second-order valence-electron chi connectivity index (χ2n) is 4.63. The van der Waals surface area contributed by atoms with Crippen LogP contribution in [0.1, 0.15) is 17.2 Å². The quantitative estimate of drug-likeness (QED) is 0.801. The minimum Gasteiger partial charge on any atom is -0.497 e. The van der Waals surface area contributed by atoms with Gasteiger partial charge in [-0.05, 0) is 29.8 Å². The van der Waals surface area contributed by atoms with Crippen LogP contribution in [0.5, 0.6) is 5.75 Å². The monoisotopic (exact) mass is 329 g/mol. The number of methoxy groups -OCH3 is 1. The molecule has 2 aromatic carbocycles. The third-order valence-electron chi connectivity index (χ3n) is 3.45. The maximum Gasteiger partial charge on any atom is 0.210 e. The molecule has 3 rings (SSSR count). The molecule has 0 aliphatic carbocycles. The second-order valence-corrected chi connectivity index (χ2v) is 5.54. The Hall–Kier alpha value is -1.83. The first-order chi connectivity index (χ1) is 9.69. The molecule has 2 unspecified atom stereocenters. The normalized spacial score (nSPS) is 23.9. The zero-order chi connectivity index (χ0) is 14.2. The van der Waals surface area contributed by atoms with Crippen molar-refractivity contribution in [1.29, 1.82) is 5.26 Å². The van der Waals surface area contributed by atoms with Crippen molar-refractivity contribution >= 4 is 15.9 Å². The fraction of sp³-hybridized carbons (Fsp3) is 0.188. The second kappa shape index (κ2) is 4.93. The lowest BCUT2D eigenvalue weighted by atomic mass is 9.93. The number of rotatable bonds is 3. The van der Waals surface area contributed by atoms with Crippen LogP contribution in [0.2, 0.25) is 0 Å². The summed E-state index contributed by atoms with van der Waals surface area (Å²) in [5.41, 5.74) is 0.973. The number of hydrogen-bond donors (Lipinski definition) is 0. The van der Waals surface area contributed by atoms with Gasteiger partial charge >= 0.3 is 0 Å². The van der Waals surface area contributed by atoms with Gasteiger partial charge in [0, 0.05) is 10.0 Å². The maximum absolute atomic E-state index is 9.52. The van der Waals surface area contributed by atoms with E-state index in [1.165, 1.54) is 0 Å². The van der Waals surface area contributed by atoms with E-state index in [-0.39, 0.29) is 6.10 Å². The summed E-state index contributed by atoms with van der Waals surface area (Å²) in [4.78, 5) is 0. The highest BCUT2D eigenvalue weighted by Gasteiger charge is 2.59. The Balaban J connectivity index is 1.92. The van der Waals surface area contributed by atoms with Gasteiger partial charge in [-0.3, -0.25) is 0 Å². The molecule has 0 spiro atoms. The van der Waals surface area contributed by atoms with E-state index < -0.39 is 5.60 Å². The summed E-state index contributed by atoms with van der Waals surface area (Å²) in [6, 6.07) is 17.6. The number of nitriles is 1. The number of nitrogens with zero attached hydrogens (tertiary/aromatic N) is 1. The molecule has 0 N–H and O–H groups in total. The van der Waals surface area contributed by atoms with Crippen molar-refractivity contribution in [2.75, 3.05) is 7.11 Å². The van der Waals surface area contributed by atoms with E-state index in [0.29, 0.717) is 0 Å². The predicted octanol–water partition coefficient (Wildman–Crippen LogP) is 3.95. The van der Waals surface area contributed by atoms with Crippen LogP contribution in [-0.4, -0.2) is 7.11 Å². The molecule has 4 heteroatoms. The molecular weight excluding hydrogens is 318 g/mol. The molecule has 0 amide bonds. The maximum atomic E-state index is 9.52. The number of ether oxygens (including phenoxy) is 2. The fourth-order valence-electron chi connectivity index (χ4n) is 2.32. The van der Waals surface area contributed by atoms with Gasteiger partial charge in [-0.2, -0.15) is 5.26 Å². The van der Waals surface area contributed by atoms with Crippen molar-refractivity contribution in [2.24, 2.45) is 0 Å². The molecule has 2 atom stereocenters. The molecule has 0 aromatic heterocycles. The van der Waals surface area contributed by atoms with Crippen LogP contribution < -0.4 is 4.74 Å². The molecule has 1 fully saturated rings. The van der Waals surface area contributed by atoms with E-state index in [1.807, 2.05) is 48.5 Å². The van der Waals surface area contributed by atoms with Gasteiger partial charge in [-0.1, -0.05) is 40.2 Å². The lowest BCUT2D eigenvalue weighted by Crippen LogP contribution is -2.06. The first-order valence-corrected chi connectivity index (χ1v) is 6.98. The van der Waals surface area contributed by atoms with Gasteiger partial charge < -0.3 is 9.47 Å². The highest BCUT2D eigenvalue weighted by atomic mass is 79.9. The van der Waals surface area contributed by atoms with Gasteiger partial charge in [0.15, 0.2) is 0 Å². The smallest absolute Gasteiger partial charge is 0.210 e. The number of benzene rings is 2. The van der Waals surface area contributed by atoms with Crippen molar-refractivity contribution < 1.29 is 9.47 Å². The van der Waals surface area contributed by atoms with Crippen LogP contribution in [-0.2, 0) is 10.3 Å². The molecule has 1 aliphatic heterocycles. The summed E-state index contributed by atoms with van der Waals surface area (Å²) < 4.78 is 11.8. The van der Waals surface area contributed by atoms with Crippen molar-refractivity contribution in [3.63, 3.8) is 0 Å². The average molecular weight is 330 g/mol. The van der Waals surface area contributed by atoms with E-state index in [0.717, 1.165) is 21.3 Å². The average Bonchev–Trinajstić information content (AvgIpc) is 3.23. The SMILES string of the molecule is COc1ccc(C2OC2(C#N)c2cccc(Br)c2)cc1. The van der Waals surface area contributed by atoms with Gasteiger partial charge in [0.2, 0.25) is 5.60 Å². The summed E-state index contributed by atoms with van der Waals surface area (Å²) >= 11 is 3.43. The molecule has 1 heterocycles. The summed E-state index contributed by atoms with van der Waals surface area (Å²) in [5.74, 6) is 0.791. The molecule has 1 saturated heterocycles. The van der Waals surface area contributed by atoms with Gasteiger partial charge in [0.1, 0.15) is 17.9 Å². The number of epoxide rings is 1. The van der Waals surface area contributed by atoms with Crippen molar-refractivity contribution in [3.8, 4) is 11.8 Å². The molecule has 3 nitrogen and oxygen atoms in total. The van der Waals surface area contributed by atoms with Crippen LogP contribution in [0, 0.1) is 11.3 Å². The van der Waals surface area contributed by atoms with Crippen LogP contribution in [0.15, 0.2) is 53.0 Å². The van der Waals surface area contributed by atoms with Gasteiger partial charge in [0.25, 0.3) is 0 Å². The minimum atomic E-state index is -0.877. The zero-order valence-electron chi connectivity index (χ0n) is 10.8. The fourth-order valence-corrected chi connectivity index (χ4v) is 2.72. The van der Waals surface area contributed by atoms with E-state index in [1.54, 1.807) is 7.11 Å². The molecule has 2 aromatic rings. The Morgan fingerprint density at radius 2 is 2.00 bits per heavy atom. The topological polar surface area (TPSA) is 45.5 Å². The van der Waals surface area contributed by atoms with Gasteiger partial charge in [-0.15, -0.1) is 0 Å². The minimum absolute atomic E-state index is 0.229. The van der Waals surface area contributed by atoms with Crippen LogP contribution in [0.3, 0.4) is 0 Å². The van der Waals surface area contributed by atoms with Gasteiger partial charge in [-0.25, -0.2) is 0 Å². The van der Waals surface area contributed by atoms with E-state index in [2.05, 4.69) is 22.0 Å². The number of halogens is 1. The Kier molecular flexibility index (Phi) is 3.25. The van der Waals surface area contributed by atoms with Gasteiger partial charge in [0.05, 0.1) is 7.11 Å². The van der Waals surface area contributed by atoms with Crippen molar-refractivity contribution in [3.05, 3.63) is 64.1 Å².